The van der Waals surface area contributed by atoms with Crippen LogP contribution in [0.3, 0.4) is 0 Å². The molecule has 2 rings (SSSR count). The third-order valence-electron chi connectivity index (χ3n) is 3.86. The number of anilines is 1. The van der Waals surface area contributed by atoms with Crippen molar-refractivity contribution in [3.8, 4) is 5.75 Å². The number of nitro benzene ring substituents is 1. The van der Waals surface area contributed by atoms with Crippen molar-refractivity contribution in [2.24, 2.45) is 0 Å². The van der Waals surface area contributed by atoms with E-state index < -0.39 is 40.3 Å². The minimum absolute atomic E-state index is 0.00180. The van der Waals surface area contributed by atoms with Gasteiger partial charge in [-0.05, 0) is 43.7 Å². The van der Waals surface area contributed by atoms with Crippen LogP contribution >= 0.6 is 0 Å². The van der Waals surface area contributed by atoms with Gasteiger partial charge in [0.2, 0.25) is 5.82 Å². The second kappa shape index (κ2) is 7.81. The monoisotopic (exact) mass is 376 g/mol. The number of hydrogen-bond acceptors (Lipinski definition) is 6. The number of amides is 1. The minimum Gasteiger partial charge on any atom is -0.508 e. The van der Waals surface area contributed by atoms with Gasteiger partial charge in [0.25, 0.3) is 5.91 Å². The molecule has 0 unspecified atom stereocenters. The Balaban J connectivity index is 1.98. The van der Waals surface area contributed by atoms with E-state index in [4.69, 9.17) is 4.74 Å². The third-order valence-corrected chi connectivity index (χ3v) is 3.86. The van der Waals surface area contributed by atoms with Crippen molar-refractivity contribution < 1.29 is 28.7 Å². The number of phenolic OH excluding ortho intramolecular Hbond substituents is 1. The summed E-state index contributed by atoms with van der Waals surface area (Å²) in [7, 11) is 0. The smallest absolute Gasteiger partial charge is 0.316 e. The first-order valence-corrected chi connectivity index (χ1v) is 7.82. The number of phenols is 1. The van der Waals surface area contributed by atoms with Crippen molar-refractivity contribution in [1.29, 1.82) is 0 Å². The minimum atomic E-state index is -1.07. The maximum atomic E-state index is 13.3. The molecule has 2 aromatic rings. The van der Waals surface area contributed by atoms with E-state index in [1.165, 1.54) is 12.1 Å². The Morgan fingerprint density at radius 1 is 1.22 bits per heavy atom. The van der Waals surface area contributed by atoms with E-state index in [0.717, 1.165) is 18.2 Å². The summed E-state index contributed by atoms with van der Waals surface area (Å²) in [6.45, 7) is 2.58. The number of halogens is 1. The molecule has 0 fully saturated rings. The largest absolute Gasteiger partial charge is 0.508 e. The number of carbonyl (C=O) groups is 2. The molecule has 2 N–H and O–H groups in total. The molecule has 0 radical (unpaired) electrons. The zero-order chi connectivity index (χ0) is 20.2. The average molecular weight is 376 g/mol. The van der Waals surface area contributed by atoms with E-state index >= 15 is 0 Å². The molecule has 0 atom stereocenters. The predicted octanol–water partition coefficient (Wildman–Crippen LogP) is 2.90. The van der Waals surface area contributed by atoms with Gasteiger partial charge in [-0.1, -0.05) is 12.1 Å². The molecule has 0 heterocycles. The van der Waals surface area contributed by atoms with E-state index in [0.29, 0.717) is 5.56 Å². The first-order valence-electron chi connectivity index (χ1n) is 7.82. The fraction of sp³-hybridized carbons (Fsp3) is 0.222. The molecular formula is C18H17FN2O6. The van der Waals surface area contributed by atoms with E-state index in [1.54, 1.807) is 26.0 Å². The predicted molar refractivity (Wildman–Crippen MR) is 93.8 cm³/mol. The van der Waals surface area contributed by atoms with Gasteiger partial charge in [0, 0.05) is 11.8 Å². The van der Waals surface area contributed by atoms with Gasteiger partial charge in [-0.25, -0.2) is 0 Å². The Morgan fingerprint density at radius 2 is 1.85 bits per heavy atom. The summed E-state index contributed by atoms with van der Waals surface area (Å²) in [6.07, 6.45) is 0. The van der Waals surface area contributed by atoms with Gasteiger partial charge < -0.3 is 15.2 Å². The van der Waals surface area contributed by atoms with Gasteiger partial charge in [0.05, 0.1) is 10.3 Å². The van der Waals surface area contributed by atoms with Crippen molar-refractivity contribution >= 4 is 23.3 Å². The lowest BCUT2D eigenvalue weighted by Gasteiger charge is -2.23. The Morgan fingerprint density at radius 3 is 2.44 bits per heavy atom. The van der Waals surface area contributed by atoms with Crippen molar-refractivity contribution in [2.75, 3.05) is 11.9 Å². The number of hydrogen-bond donors (Lipinski definition) is 2. The molecule has 0 saturated heterocycles. The normalized spacial score (nSPS) is 10.9. The molecule has 2 aromatic carbocycles. The first-order chi connectivity index (χ1) is 12.6. The number of rotatable bonds is 6. The Kier molecular flexibility index (Phi) is 5.74. The van der Waals surface area contributed by atoms with E-state index in [1.807, 2.05) is 0 Å². The Labute approximate surface area is 153 Å². The van der Waals surface area contributed by atoms with Crippen LogP contribution in [0.15, 0.2) is 42.5 Å². The summed E-state index contributed by atoms with van der Waals surface area (Å²) in [5.74, 6) is -2.38. The molecule has 1 amide bonds. The van der Waals surface area contributed by atoms with Crippen LogP contribution in [0.1, 0.15) is 19.4 Å². The van der Waals surface area contributed by atoms with Crippen molar-refractivity contribution in [1.82, 2.24) is 0 Å². The highest BCUT2D eigenvalue weighted by atomic mass is 19.1. The highest BCUT2D eigenvalue weighted by Gasteiger charge is 2.32. The third kappa shape index (κ3) is 4.78. The van der Waals surface area contributed by atoms with Gasteiger partial charge in [-0.15, -0.1) is 0 Å². The number of carbonyl (C=O) groups excluding carboxylic acids is 2. The van der Waals surface area contributed by atoms with Gasteiger partial charge in [0.15, 0.2) is 6.61 Å². The fourth-order valence-corrected chi connectivity index (χ4v) is 2.23. The number of benzene rings is 2. The van der Waals surface area contributed by atoms with Crippen LogP contribution in [0.25, 0.3) is 0 Å². The first kappa shape index (κ1) is 19.8. The lowest BCUT2D eigenvalue weighted by Crippen LogP contribution is -2.33. The molecule has 0 aliphatic carbocycles. The Bertz CT molecular complexity index is 880. The molecule has 142 valence electrons. The van der Waals surface area contributed by atoms with Crippen LogP contribution in [-0.2, 0) is 19.7 Å². The molecule has 0 saturated carbocycles. The summed E-state index contributed by atoms with van der Waals surface area (Å²) in [4.78, 5) is 34.0. The van der Waals surface area contributed by atoms with Gasteiger partial charge >= 0.3 is 11.7 Å². The van der Waals surface area contributed by atoms with Crippen molar-refractivity contribution in [3.05, 3.63) is 64.0 Å². The molecule has 27 heavy (non-hydrogen) atoms. The topological polar surface area (TPSA) is 119 Å². The molecule has 0 aromatic heterocycles. The molecule has 8 nitrogen and oxygen atoms in total. The number of aromatic hydroxyl groups is 1. The maximum absolute atomic E-state index is 13.3. The average Bonchev–Trinajstić information content (AvgIpc) is 2.61. The fourth-order valence-electron chi connectivity index (χ4n) is 2.23. The summed E-state index contributed by atoms with van der Waals surface area (Å²) >= 11 is 0. The highest BCUT2D eigenvalue weighted by molar-refractivity contribution is 5.94. The van der Waals surface area contributed by atoms with Gasteiger partial charge in [-0.2, -0.15) is 4.39 Å². The van der Waals surface area contributed by atoms with Gasteiger partial charge in [-0.3, -0.25) is 19.7 Å². The second-order valence-electron chi connectivity index (χ2n) is 6.22. The number of nitrogens with zero attached hydrogens (tertiary/aromatic N) is 1. The lowest BCUT2D eigenvalue weighted by molar-refractivity contribution is -0.387. The highest BCUT2D eigenvalue weighted by Crippen LogP contribution is 2.26. The summed E-state index contributed by atoms with van der Waals surface area (Å²) in [6, 6.07) is 8.87. The van der Waals surface area contributed by atoms with Crippen molar-refractivity contribution in [3.63, 3.8) is 0 Å². The molecule has 9 heteroatoms. The van der Waals surface area contributed by atoms with E-state index in [2.05, 4.69) is 5.32 Å². The van der Waals surface area contributed by atoms with Crippen LogP contribution in [0.5, 0.6) is 5.75 Å². The standard InChI is InChI=1S/C18H17FN2O6/c1-18(2,11-3-6-13(22)7-4-11)17(24)27-10-16(23)20-12-5-8-14(19)15(9-12)21(25)26/h3-9,22H,10H2,1-2H3,(H,20,23). The van der Waals surface area contributed by atoms with Crippen molar-refractivity contribution in [2.45, 2.75) is 19.3 Å². The van der Waals surface area contributed by atoms with Crippen LogP contribution in [0.2, 0.25) is 0 Å². The number of esters is 1. The number of ether oxygens (including phenoxy) is 1. The zero-order valence-electron chi connectivity index (χ0n) is 14.6. The van der Waals surface area contributed by atoms with E-state index in [-0.39, 0.29) is 11.4 Å². The van der Waals surface area contributed by atoms with Gasteiger partial charge in [0.1, 0.15) is 5.75 Å². The van der Waals surface area contributed by atoms with E-state index in [9.17, 15) is 29.2 Å². The molecule has 0 aliphatic rings. The summed E-state index contributed by atoms with van der Waals surface area (Å²) in [5.41, 5.74) is -1.26. The molecule has 0 aliphatic heterocycles. The number of nitro groups is 1. The van der Waals surface area contributed by atoms with Crippen LogP contribution in [-0.4, -0.2) is 28.5 Å². The molecule has 0 spiro atoms. The zero-order valence-corrected chi connectivity index (χ0v) is 14.6. The van der Waals surface area contributed by atoms with Crippen LogP contribution in [0, 0.1) is 15.9 Å². The second-order valence-corrected chi connectivity index (χ2v) is 6.22. The summed E-state index contributed by atoms with van der Waals surface area (Å²) in [5, 5.41) is 22.3. The maximum Gasteiger partial charge on any atom is 0.316 e. The van der Waals surface area contributed by atoms with Crippen LogP contribution in [0.4, 0.5) is 15.8 Å². The summed E-state index contributed by atoms with van der Waals surface area (Å²) < 4.78 is 18.3. The Hall–Kier alpha value is -3.49. The SMILES string of the molecule is CC(C)(C(=O)OCC(=O)Nc1ccc(F)c([N+](=O)[O-])c1)c1ccc(O)cc1. The lowest BCUT2D eigenvalue weighted by atomic mass is 9.85. The van der Waals surface area contributed by atoms with Crippen LogP contribution < -0.4 is 5.32 Å². The number of nitrogens with one attached hydrogen (secondary N) is 1. The quantitative estimate of drug-likeness (QED) is 0.455. The molecule has 0 bridgehead atoms. The molecular weight excluding hydrogens is 359 g/mol.